The normalized spacial score (nSPS) is 10.6. The highest BCUT2D eigenvalue weighted by atomic mass is 35.5. The van der Waals surface area contributed by atoms with E-state index in [2.05, 4.69) is 25.5 Å². The Balaban J connectivity index is 1.60. The van der Waals surface area contributed by atoms with Crippen LogP contribution in [0.15, 0.2) is 65.7 Å². The molecule has 2 aromatic heterocycles. The molecule has 10 nitrogen and oxygen atoms in total. The Kier molecular flexibility index (Phi) is 7.54. The minimum absolute atomic E-state index is 0.105. The molecule has 0 spiro atoms. The van der Waals surface area contributed by atoms with Crippen molar-refractivity contribution in [2.45, 2.75) is 13.5 Å². The third-order valence-corrected chi connectivity index (χ3v) is 5.06. The second-order valence-corrected chi connectivity index (χ2v) is 7.82. The largest absolute Gasteiger partial charge is 0.461 e. The minimum atomic E-state index is -0.839. The molecule has 0 saturated carbocycles. The molecule has 4 rings (SSSR count). The van der Waals surface area contributed by atoms with Gasteiger partial charge in [-0.05, 0) is 60.5 Å². The van der Waals surface area contributed by atoms with Crippen molar-refractivity contribution in [2.24, 2.45) is 0 Å². The molecule has 0 bridgehead atoms. The fraction of sp³-hybridized carbons (Fsp3) is 0.130. The molecule has 0 aliphatic heterocycles. The third-order valence-electron chi connectivity index (χ3n) is 4.61. The lowest BCUT2D eigenvalue weighted by Gasteiger charge is -2.14. The predicted octanol–water partition coefficient (Wildman–Crippen LogP) is 4.50. The lowest BCUT2D eigenvalue weighted by Crippen LogP contribution is -2.32. The maximum Gasteiger partial charge on any atom is 0.364 e. The Morgan fingerprint density at radius 1 is 0.971 bits per heavy atom. The number of halogens is 2. The first kappa shape index (κ1) is 24.1. The second-order valence-electron chi connectivity index (χ2n) is 7.05. The smallest absolute Gasteiger partial charge is 0.364 e. The maximum absolute atomic E-state index is 13.1. The van der Waals surface area contributed by atoms with Crippen molar-refractivity contribution < 1.29 is 14.3 Å². The molecule has 35 heavy (non-hydrogen) atoms. The van der Waals surface area contributed by atoms with E-state index < -0.39 is 17.2 Å². The van der Waals surface area contributed by atoms with E-state index in [0.717, 1.165) is 5.56 Å². The summed E-state index contributed by atoms with van der Waals surface area (Å²) in [5.74, 6) is 0.253. The van der Waals surface area contributed by atoms with Gasteiger partial charge in [0.2, 0.25) is 16.9 Å². The molecule has 0 unspecified atom stereocenters. The highest BCUT2D eigenvalue weighted by molar-refractivity contribution is 6.30. The molecule has 0 saturated heterocycles. The van der Waals surface area contributed by atoms with E-state index in [1.54, 1.807) is 55.5 Å². The summed E-state index contributed by atoms with van der Waals surface area (Å²) in [6.45, 7) is 1.87. The molecule has 0 atom stereocenters. The maximum atomic E-state index is 13.1. The van der Waals surface area contributed by atoms with Crippen LogP contribution in [0.4, 0.5) is 11.6 Å². The van der Waals surface area contributed by atoms with Gasteiger partial charge in [0, 0.05) is 10.7 Å². The average molecular weight is 513 g/mol. The molecule has 2 aromatic carbocycles. The Labute approximate surface area is 209 Å². The SMILES string of the molecule is CCOC(=O)c1nnc(Nc2ccc(Oc3cnc(Cl)nc3)cc2)n(Cc2ccc(Cl)cc2)c1=O. The molecular weight excluding hydrogens is 495 g/mol. The summed E-state index contributed by atoms with van der Waals surface area (Å²) in [6.07, 6.45) is 2.91. The van der Waals surface area contributed by atoms with Gasteiger partial charge in [-0.15, -0.1) is 10.2 Å². The number of benzene rings is 2. The Morgan fingerprint density at radius 2 is 1.66 bits per heavy atom. The molecular formula is C23H18Cl2N6O4. The quantitative estimate of drug-likeness (QED) is 0.268. The summed E-state index contributed by atoms with van der Waals surface area (Å²) >= 11 is 11.7. The van der Waals surface area contributed by atoms with Gasteiger partial charge in [0.15, 0.2) is 5.75 Å². The van der Waals surface area contributed by atoms with Gasteiger partial charge < -0.3 is 14.8 Å². The summed E-state index contributed by atoms with van der Waals surface area (Å²) < 4.78 is 11.9. The van der Waals surface area contributed by atoms with Gasteiger partial charge in [0.25, 0.3) is 5.56 Å². The summed E-state index contributed by atoms with van der Waals surface area (Å²) in [7, 11) is 0. The number of anilines is 2. The molecule has 2 heterocycles. The van der Waals surface area contributed by atoms with Crippen molar-refractivity contribution in [3.8, 4) is 11.5 Å². The molecule has 1 N–H and O–H groups in total. The van der Waals surface area contributed by atoms with Crippen LogP contribution in [0.1, 0.15) is 23.0 Å². The fourth-order valence-electron chi connectivity index (χ4n) is 2.98. The zero-order valence-electron chi connectivity index (χ0n) is 18.3. The highest BCUT2D eigenvalue weighted by Gasteiger charge is 2.20. The number of aromatic nitrogens is 5. The summed E-state index contributed by atoms with van der Waals surface area (Å²) in [5.41, 5.74) is 0.335. The van der Waals surface area contributed by atoms with Crippen LogP contribution in [0.5, 0.6) is 11.5 Å². The topological polar surface area (TPSA) is 121 Å². The van der Waals surface area contributed by atoms with Crippen molar-refractivity contribution in [1.82, 2.24) is 24.7 Å². The van der Waals surface area contributed by atoms with Crippen molar-refractivity contribution in [3.05, 3.63) is 92.8 Å². The van der Waals surface area contributed by atoms with Crippen LogP contribution >= 0.6 is 23.2 Å². The lowest BCUT2D eigenvalue weighted by molar-refractivity contribution is 0.0514. The number of esters is 1. The molecule has 0 aliphatic rings. The van der Waals surface area contributed by atoms with Gasteiger partial charge >= 0.3 is 5.97 Å². The average Bonchev–Trinajstić information content (AvgIpc) is 2.85. The van der Waals surface area contributed by atoms with Crippen molar-refractivity contribution >= 4 is 40.8 Å². The van der Waals surface area contributed by atoms with Crippen LogP contribution in [0.2, 0.25) is 10.3 Å². The van der Waals surface area contributed by atoms with Gasteiger partial charge in [-0.3, -0.25) is 9.36 Å². The lowest BCUT2D eigenvalue weighted by atomic mass is 10.2. The predicted molar refractivity (Wildman–Crippen MR) is 130 cm³/mol. The minimum Gasteiger partial charge on any atom is -0.461 e. The van der Waals surface area contributed by atoms with Gasteiger partial charge in [0.1, 0.15) is 5.75 Å². The van der Waals surface area contributed by atoms with Crippen molar-refractivity contribution in [3.63, 3.8) is 0 Å². The van der Waals surface area contributed by atoms with E-state index >= 15 is 0 Å². The van der Waals surface area contributed by atoms with E-state index in [0.29, 0.717) is 22.2 Å². The van der Waals surface area contributed by atoms with E-state index in [4.69, 9.17) is 32.7 Å². The van der Waals surface area contributed by atoms with Gasteiger partial charge in [0.05, 0.1) is 25.5 Å². The van der Waals surface area contributed by atoms with E-state index in [1.165, 1.54) is 17.0 Å². The molecule has 0 radical (unpaired) electrons. The number of hydrogen-bond acceptors (Lipinski definition) is 9. The molecule has 0 fully saturated rings. The van der Waals surface area contributed by atoms with Gasteiger partial charge in [-0.1, -0.05) is 23.7 Å². The fourth-order valence-corrected chi connectivity index (χ4v) is 3.21. The summed E-state index contributed by atoms with van der Waals surface area (Å²) in [6, 6.07) is 13.8. The third kappa shape index (κ3) is 6.11. The zero-order valence-corrected chi connectivity index (χ0v) is 19.8. The van der Waals surface area contributed by atoms with Crippen LogP contribution < -0.4 is 15.6 Å². The number of ether oxygens (including phenoxy) is 2. The Bertz CT molecular complexity index is 1380. The number of carbonyl (C=O) groups excluding carboxylic acids is 1. The summed E-state index contributed by atoms with van der Waals surface area (Å²) in [4.78, 5) is 33.0. The number of hydrogen-bond donors (Lipinski definition) is 1. The first-order valence-electron chi connectivity index (χ1n) is 10.3. The molecule has 0 aliphatic carbocycles. The molecule has 4 aromatic rings. The van der Waals surface area contributed by atoms with Gasteiger partial charge in [-0.2, -0.15) is 0 Å². The monoisotopic (exact) mass is 512 g/mol. The first-order chi connectivity index (χ1) is 16.9. The van der Waals surface area contributed by atoms with E-state index in [1.807, 2.05) is 0 Å². The van der Waals surface area contributed by atoms with E-state index in [9.17, 15) is 9.59 Å². The number of carbonyl (C=O) groups is 1. The van der Waals surface area contributed by atoms with Crippen LogP contribution in [-0.4, -0.2) is 37.3 Å². The van der Waals surface area contributed by atoms with Crippen LogP contribution in [-0.2, 0) is 11.3 Å². The van der Waals surface area contributed by atoms with Gasteiger partial charge in [-0.25, -0.2) is 14.8 Å². The summed E-state index contributed by atoms with van der Waals surface area (Å²) in [5, 5.41) is 11.6. The standard InChI is InChI=1S/C23H18Cl2N6O4/c1-2-34-21(33)19-20(32)31(13-14-3-5-15(24)6-4-14)23(30-29-19)28-16-7-9-17(10-8-16)35-18-11-26-22(25)27-12-18/h3-12H,2,13H2,1H3,(H,28,30). The first-order valence-corrected chi connectivity index (χ1v) is 11.1. The Morgan fingerprint density at radius 3 is 2.31 bits per heavy atom. The van der Waals surface area contributed by atoms with Crippen molar-refractivity contribution in [2.75, 3.05) is 11.9 Å². The Hall–Kier alpha value is -4.02. The molecule has 178 valence electrons. The number of rotatable bonds is 8. The van der Waals surface area contributed by atoms with Crippen LogP contribution in [0.3, 0.4) is 0 Å². The van der Waals surface area contributed by atoms with Crippen LogP contribution in [0.25, 0.3) is 0 Å². The molecule has 12 heteroatoms. The van der Waals surface area contributed by atoms with Crippen molar-refractivity contribution in [1.29, 1.82) is 0 Å². The highest BCUT2D eigenvalue weighted by Crippen LogP contribution is 2.23. The van der Waals surface area contributed by atoms with E-state index in [-0.39, 0.29) is 24.4 Å². The number of nitrogens with one attached hydrogen (secondary N) is 1. The zero-order chi connectivity index (χ0) is 24.8. The number of nitrogens with zero attached hydrogens (tertiary/aromatic N) is 5. The van der Waals surface area contributed by atoms with Crippen LogP contribution in [0, 0.1) is 0 Å². The second kappa shape index (κ2) is 10.9. The molecule has 0 amide bonds.